The summed E-state index contributed by atoms with van der Waals surface area (Å²) in [5.74, 6) is 0.849. The molecule has 12 aromatic carbocycles. The van der Waals surface area contributed by atoms with Gasteiger partial charge < -0.3 is 24.3 Å². The predicted molar refractivity (Wildman–Crippen MR) is 346 cm³/mol. The molecule has 404 valence electrons. The van der Waals surface area contributed by atoms with Gasteiger partial charge in [-0.05, 0) is 166 Å². The Labute approximate surface area is 486 Å². The number of nitrogens with zero attached hydrogens (tertiary/aromatic N) is 5. The van der Waals surface area contributed by atoms with Gasteiger partial charge in [-0.1, -0.05) is 176 Å². The van der Waals surface area contributed by atoms with Gasteiger partial charge in [-0.2, -0.15) is 0 Å². The van der Waals surface area contributed by atoms with Crippen LogP contribution >= 0.6 is 0 Å². The third-order valence-corrected chi connectivity index (χ3v) is 14.8. The number of non-ortho nitro benzene ring substituents is 1. The molecule has 0 fully saturated rings. The molecule has 0 spiro atoms. The minimum absolute atomic E-state index is 0.0840. The fourth-order valence-electron chi connectivity index (χ4n) is 10.2. The number of nitro groups is 1. The smallest absolute Gasteiger partial charge is 0.269 e. The Morgan fingerprint density at radius 1 is 0.277 bits per heavy atom. The maximum atomic E-state index is 11.0. The van der Waals surface area contributed by atoms with E-state index in [-0.39, 0.29) is 10.6 Å². The molecule has 12 rings (SSSR count). The third kappa shape index (κ3) is 12.7. The van der Waals surface area contributed by atoms with Crippen LogP contribution in [0.25, 0.3) is 44.5 Å². The number of methoxy groups -OCH3 is 1. The van der Waals surface area contributed by atoms with Crippen molar-refractivity contribution in [1.82, 2.24) is 0 Å². The summed E-state index contributed by atoms with van der Waals surface area (Å²) in [5.41, 5.74) is 20.1. The van der Waals surface area contributed by atoms with E-state index in [2.05, 4.69) is 283 Å². The molecule has 12 aromatic rings. The molecule has 0 aliphatic carbocycles. The number of anilines is 10. The van der Waals surface area contributed by atoms with E-state index in [1.165, 1.54) is 45.5 Å². The molecule has 0 atom stereocenters. The molecule has 0 unspecified atom stereocenters. The first kappa shape index (κ1) is 54.0. The van der Waals surface area contributed by atoms with E-state index < -0.39 is 0 Å². The van der Waals surface area contributed by atoms with E-state index in [1.54, 1.807) is 19.2 Å². The van der Waals surface area contributed by atoms with Crippen molar-refractivity contribution in [1.29, 1.82) is 0 Å². The van der Waals surface area contributed by atoms with Gasteiger partial charge in [0.15, 0.2) is 0 Å². The number of nitro benzene ring substituents is 1. The van der Waals surface area contributed by atoms with Gasteiger partial charge in [0, 0.05) is 89.2 Å². The second-order valence-corrected chi connectivity index (χ2v) is 20.0. The van der Waals surface area contributed by atoms with Crippen molar-refractivity contribution in [2.75, 3.05) is 40.8 Å². The molecule has 8 heteroatoms. The lowest BCUT2D eigenvalue weighted by atomic mass is 10.0. The molecule has 0 aliphatic heterocycles. The van der Waals surface area contributed by atoms with Crippen molar-refractivity contribution in [2.45, 2.75) is 0 Å². The van der Waals surface area contributed by atoms with Crippen LogP contribution < -0.4 is 24.3 Å². The first-order valence-electron chi connectivity index (χ1n) is 27.5. The van der Waals surface area contributed by atoms with Crippen LogP contribution in [-0.4, -0.2) is 26.1 Å². The van der Waals surface area contributed by atoms with Gasteiger partial charge in [-0.3, -0.25) is 10.1 Å². The molecule has 0 bridgehead atoms. The molecular weight excluding hydrogens is 1020 g/mol. The van der Waals surface area contributed by atoms with E-state index in [9.17, 15) is 10.1 Å². The number of hydrogen-bond acceptors (Lipinski definition) is 7. The van der Waals surface area contributed by atoms with Crippen LogP contribution in [0.5, 0.6) is 5.75 Å². The quantitative estimate of drug-likeness (QED) is 0.0705. The highest BCUT2D eigenvalue weighted by Gasteiger charge is 2.17. The summed E-state index contributed by atoms with van der Waals surface area (Å²) >= 11 is 0. The zero-order valence-corrected chi connectivity index (χ0v) is 46.5. The predicted octanol–water partition coefficient (Wildman–Crippen LogP) is 20.4. The van der Waals surface area contributed by atoms with Gasteiger partial charge in [-0.15, -0.1) is 0 Å². The Kier molecular flexibility index (Phi) is 16.6. The summed E-state index contributed by atoms with van der Waals surface area (Å²) in [6.45, 7) is 0. The van der Waals surface area contributed by atoms with Crippen LogP contribution in [0.2, 0.25) is 0 Å². The molecule has 0 saturated heterocycles. The molecule has 0 amide bonds. The molecule has 0 aliphatic rings. The molecule has 0 radical (unpaired) electrons. The number of para-hydroxylation sites is 2. The zero-order chi connectivity index (χ0) is 56.9. The lowest BCUT2D eigenvalue weighted by molar-refractivity contribution is -0.384. The third-order valence-electron chi connectivity index (χ3n) is 14.8. The number of benzene rings is 12. The summed E-state index contributed by atoms with van der Waals surface area (Å²) in [6.07, 6.45) is 0. The highest BCUT2D eigenvalue weighted by molar-refractivity contribution is 5.83. The first-order chi connectivity index (χ1) is 40.8. The van der Waals surface area contributed by atoms with Crippen molar-refractivity contribution >= 4 is 62.6 Å². The maximum Gasteiger partial charge on any atom is 0.269 e. The summed E-state index contributed by atoms with van der Waals surface area (Å²) in [4.78, 5) is 19.4. The van der Waals surface area contributed by atoms with E-state index in [0.717, 1.165) is 73.8 Å². The Bertz CT molecular complexity index is 4040. The van der Waals surface area contributed by atoms with Crippen molar-refractivity contribution in [2.24, 2.45) is 0 Å². The first-order valence-corrected chi connectivity index (χ1v) is 27.5. The summed E-state index contributed by atoms with van der Waals surface area (Å²) in [6, 6.07) is 108. The van der Waals surface area contributed by atoms with Crippen LogP contribution in [0.15, 0.2) is 315 Å². The Balaban J connectivity index is 0.000000174. The van der Waals surface area contributed by atoms with Crippen molar-refractivity contribution in [3.05, 3.63) is 326 Å². The molecular formula is C75H61N5O3. The second kappa shape index (κ2) is 25.4. The average Bonchev–Trinajstić information content (AvgIpc) is 3.66. The monoisotopic (exact) mass is 1080 g/mol. The molecule has 0 aromatic heterocycles. The molecule has 0 saturated carbocycles. The van der Waals surface area contributed by atoms with Gasteiger partial charge in [-0.25, -0.2) is 0 Å². The highest BCUT2D eigenvalue weighted by atomic mass is 16.6. The molecule has 0 N–H and O–H groups in total. The Morgan fingerprint density at radius 2 is 0.554 bits per heavy atom. The average molecular weight is 1080 g/mol. The molecule has 83 heavy (non-hydrogen) atoms. The van der Waals surface area contributed by atoms with Crippen molar-refractivity contribution in [3.8, 4) is 50.3 Å². The molecule has 8 nitrogen and oxygen atoms in total. The summed E-state index contributed by atoms with van der Waals surface area (Å²) in [7, 11) is 5.72. The number of rotatable bonds is 16. The van der Waals surface area contributed by atoms with Crippen LogP contribution in [0.1, 0.15) is 0 Å². The normalized spacial score (nSPS) is 10.7. The SMILES string of the molecule is CN(c1ccc(-c2ccc(N(c3ccccc3)c3cccc(-c4ccccc4)c3)cc2)cc1)c1ccc([N+](=O)[O-])cc1.COc1cccc(N(C)c2ccc(-c3ccc(N(c4ccccc4)c4cccc(-c5ccccc5)c4)cc3)cc2)c1. The fourth-order valence-corrected chi connectivity index (χ4v) is 10.2. The minimum atomic E-state index is -0.384. The second-order valence-electron chi connectivity index (χ2n) is 20.0. The van der Waals surface area contributed by atoms with E-state index in [0.29, 0.717) is 0 Å². The highest BCUT2D eigenvalue weighted by Crippen LogP contribution is 2.40. The van der Waals surface area contributed by atoms with Crippen molar-refractivity contribution < 1.29 is 9.66 Å². The summed E-state index contributed by atoms with van der Waals surface area (Å²) < 4.78 is 5.40. The van der Waals surface area contributed by atoms with Gasteiger partial charge >= 0.3 is 0 Å². The van der Waals surface area contributed by atoms with E-state index in [4.69, 9.17) is 4.74 Å². The lowest BCUT2D eigenvalue weighted by Crippen LogP contribution is -2.10. The largest absolute Gasteiger partial charge is 0.497 e. The zero-order valence-electron chi connectivity index (χ0n) is 46.5. The van der Waals surface area contributed by atoms with Gasteiger partial charge in [0.1, 0.15) is 5.75 Å². The maximum absolute atomic E-state index is 11.0. The van der Waals surface area contributed by atoms with E-state index >= 15 is 0 Å². The summed E-state index contributed by atoms with van der Waals surface area (Å²) in [5, 5.41) is 11.0. The standard InChI is InChI=1S/C38H32N2O.C37H29N3O2/c1-39(36-16-10-18-38(28-36)41-2)33-23-19-30(20-24-33)31-21-25-35(26-22-31)40(34-14-7-4-8-15-34)37-17-9-13-32(27-37)29-11-5-3-6-12-29;1-38(33-23-25-36(26-24-33)40(41)42)32-19-15-29(16-20-32)30-17-21-35(22-18-30)39(34-12-6-3-7-13-34)37-14-8-11-31(27-37)28-9-4-2-5-10-28/h3-28H,1-2H3;2-27H,1H3. The van der Waals surface area contributed by atoms with Crippen LogP contribution in [0.4, 0.5) is 62.6 Å². The number of hydrogen-bond donors (Lipinski definition) is 0. The van der Waals surface area contributed by atoms with Gasteiger partial charge in [0.25, 0.3) is 5.69 Å². The molecule has 0 heterocycles. The van der Waals surface area contributed by atoms with Gasteiger partial charge in [0.2, 0.25) is 0 Å². The topological polar surface area (TPSA) is 65.3 Å². The number of ether oxygens (including phenoxy) is 1. The van der Waals surface area contributed by atoms with E-state index in [1.807, 2.05) is 42.3 Å². The van der Waals surface area contributed by atoms with Gasteiger partial charge in [0.05, 0.1) is 12.0 Å². The lowest BCUT2D eigenvalue weighted by Gasteiger charge is -2.26. The van der Waals surface area contributed by atoms with Crippen molar-refractivity contribution in [3.63, 3.8) is 0 Å². The van der Waals surface area contributed by atoms with Crippen LogP contribution in [-0.2, 0) is 0 Å². The fraction of sp³-hybridized carbons (Fsp3) is 0.0400. The Hall–Kier alpha value is -11.0. The minimum Gasteiger partial charge on any atom is -0.497 e. The Morgan fingerprint density at radius 3 is 0.928 bits per heavy atom. The van der Waals surface area contributed by atoms with Crippen LogP contribution in [0.3, 0.4) is 0 Å². The van der Waals surface area contributed by atoms with Crippen LogP contribution in [0, 0.1) is 10.1 Å².